The van der Waals surface area contributed by atoms with Crippen LogP contribution in [0.2, 0.25) is 0 Å². The second-order valence-corrected chi connectivity index (χ2v) is 10.2. The molecule has 2 aliphatic rings. The summed E-state index contributed by atoms with van der Waals surface area (Å²) in [6.07, 6.45) is 7.12. The Morgan fingerprint density at radius 3 is 2.97 bits per heavy atom. The van der Waals surface area contributed by atoms with Gasteiger partial charge in [0.15, 0.2) is 0 Å². The van der Waals surface area contributed by atoms with Crippen LogP contribution < -0.4 is 5.56 Å². The van der Waals surface area contributed by atoms with E-state index in [9.17, 15) is 9.59 Å². The third-order valence-electron chi connectivity index (χ3n) is 6.99. The van der Waals surface area contributed by atoms with E-state index >= 15 is 0 Å². The smallest absolute Gasteiger partial charge is 0.262 e. The number of aryl methyl sites for hydroxylation is 4. The van der Waals surface area contributed by atoms with Gasteiger partial charge >= 0.3 is 0 Å². The van der Waals surface area contributed by atoms with Crippen molar-refractivity contribution in [3.8, 4) is 0 Å². The van der Waals surface area contributed by atoms with Crippen molar-refractivity contribution in [3.05, 3.63) is 62.1 Å². The van der Waals surface area contributed by atoms with Crippen molar-refractivity contribution in [3.63, 3.8) is 0 Å². The topological polar surface area (TPSA) is 71.0 Å². The SMILES string of the molecule is Cc1ccc2[nH]c3c(c2c1)CN(C(=O)CCn1cnc2sc4c(c2c1=O)CCCC4)CC3. The molecule has 4 heterocycles. The minimum atomic E-state index is 0.00948. The van der Waals surface area contributed by atoms with Gasteiger partial charge in [-0.2, -0.15) is 0 Å². The molecule has 0 atom stereocenters. The summed E-state index contributed by atoms with van der Waals surface area (Å²) >= 11 is 1.66. The van der Waals surface area contributed by atoms with E-state index in [4.69, 9.17) is 0 Å². The Morgan fingerprint density at radius 1 is 1.19 bits per heavy atom. The highest BCUT2D eigenvalue weighted by atomic mass is 32.1. The number of carbonyl (C=O) groups is 1. The van der Waals surface area contributed by atoms with Crippen LogP contribution in [0, 0.1) is 6.92 Å². The van der Waals surface area contributed by atoms with Crippen LogP contribution in [0.25, 0.3) is 21.1 Å². The fourth-order valence-corrected chi connectivity index (χ4v) is 6.48. The number of amides is 1. The normalized spacial score (nSPS) is 15.8. The molecule has 0 saturated carbocycles. The van der Waals surface area contributed by atoms with Crippen molar-refractivity contribution in [2.75, 3.05) is 6.54 Å². The summed E-state index contributed by atoms with van der Waals surface area (Å²) in [5.74, 6) is 0.0944. The van der Waals surface area contributed by atoms with Gasteiger partial charge in [0.1, 0.15) is 4.83 Å². The van der Waals surface area contributed by atoms with Crippen molar-refractivity contribution in [1.82, 2.24) is 19.4 Å². The number of aromatic amines is 1. The Morgan fingerprint density at radius 2 is 2.06 bits per heavy atom. The zero-order valence-electron chi connectivity index (χ0n) is 18.2. The van der Waals surface area contributed by atoms with Gasteiger partial charge < -0.3 is 9.88 Å². The number of rotatable bonds is 3. The molecule has 1 aliphatic carbocycles. The van der Waals surface area contributed by atoms with Crippen LogP contribution in [0.1, 0.15) is 46.5 Å². The molecule has 0 radical (unpaired) electrons. The van der Waals surface area contributed by atoms with Crippen molar-refractivity contribution in [1.29, 1.82) is 0 Å². The van der Waals surface area contributed by atoms with E-state index in [1.807, 2.05) is 4.90 Å². The molecule has 6 nitrogen and oxygen atoms in total. The molecule has 7 heteroatoms. The van der Waals surface area contributed by atoms with Gasteiger partial charge in [0.25, 0.3) is 5.56 Å². The van der Waals surface area contributed by atoms with E-state index in [0.29, 0.717) is 26.1 Å². The lowest BCUT2D eigenvalue weighted by Gasteiger charge is -2.27. The lowest BCUT2D eigenvalue weighted by molar-refractivity contribution is -0.132. The number of benzene rings is 1. The monoisotopic (exact) mass is 446 g/mol. The quantitative estimate of drug-likeness (QED) is 0.515. The number of aromatic nitrogens is 3. The number of nitrogens with zero attached hydrogens (tertiary/aromatic N) is 3. The van der Waals surface area contributed by atoms with Gasteiger partial charge in [-0.15, -0.1) is 11.3 Å². The Balaban J connectivity index is 1.21. The first kappa shape index (κ1) is 19.7. The number of H-pyrrole nitrogens is 1. The molecule has 6 rings (SSSR count). The largest absolute Gasteiger partial charge is 0.358 e. The molecule has 164 valence electrons. The summed E-state index contributed by atoms with van der Waals surface area (Å²) in [7, 11) is 0. The van der Waals surface area contributed by atoms with Crippen LogP contribution in [0.15, 0.2) is 29.3 Å². The molecule has 1 aromatic carbocycles. The first-order valence-corrected chi connectivity index (χ1v) is 12.3. The van der Waals surface area contributed by atoms with Gasteiger partial charge in [-0.3, -0.25) is 14.2 Å². The van der Waals surface area contributed by atoms with Crippen molar-refractivity contribution in [2.45, 2.75) is 58.5 Å². The summed E-state index contributed by atoms with van der Waals surface area (Å²) in [6.45, 7) is 3.81. The van der Waals surface area contributed by atoms with Gasteiger partial charge in [-0.05, 0) is 50.3 Å². The minimum Gasteiger partial charge on any atom is -0.358 e. The molecular weight excluding hydrogens is 420 g/mol. The number of hydrogen-bond acceptors (Lipinski definition) is 4. The van der Waals surface area contributed by atoms with Gasteiger partial charge in [-0.25, -0.2) is 4.98 Å². The van der Waals surface area contributed by atoms with Gasteiger partial charge in [0.2, 0.25) is 5.91 Å². The molecule has 0 bridgehead atoms. The van der Waals surface area contributed by atoms with Crippen molar-refractivity contribution >= 4 is 38.4 Å². The predicted molar refractivity (Wildman–Crippen MR) is 127 cm³/mol. The van der Waals surface area contributed by atoms with Crippen LogP contribution in [0.4, 0.5) is 0 Å². The molecule has 1 N–H and O–H groups in total. The Kier molecular flexibility index (Phi) is 4.68. The number of carbonyl (C=O) groups excluding carboxylic acids is 1. The summed E-state index contributed by atoms with van der Waals surface area (Å²) in [4.78, 5) is 38.4. The standard InChI is InChI=1S/C25H26N4O2S/c1-15-6-7-19-17(12-15)18-13-28(10-8-20(18)27-19)22(30)9-11-29-14-26-24-23(25(29)31)16-4-2-3-5-21(16)32-24/h6-7,12,14,27H,2-5,8-11,13H2,1H3. The summed E-state index contributed by atoms with van der Waals surface area (Å²) in [5, 5.41) is 2.00. The molecule has 0 fully saturated rings. The zero-order valence-corrected chi connectivity index (χ0v) is 19.1. The highest BCUT2D eigenvalue weighted by Gasteiger charge is 2.25. The summed E-state index contributed by atoms with van der Waals surface area (Å²) in [5.41, 5.74) is 6.04. The first-order valence-electron chi connectivity index (χ1n) is 11.5. The predicted octanol–water partition coefficient (Wildman–Crippen LogP) is 4.10. The minimum absolute atomic E-state index is 0.00948. The maximum atomic E-state index is 13.2. The van der Waals surface area contributed by atoms with E-state index in [-0.39, 0.29) is 11.5 Å². The molecule has 1 amide bonds. The van der Waals surface area contributed by atoms with E-state index in [2.05, 4.69) is 35.1 Å². The van der Waals surface area contributed by atoms with Gasteiger partial charge in [0, 0.05) is 59.5 Å². The third kappa shape index (κ3) is 3.18. The molecule has 3 aromatic heterocycles. The van der Waals surface area contributed by atoms with Gasteiger partial charge in [0.05, 0.1) is 11.7 Å². The van der Waals surface area contributed by atoms with E-state index < -0.39 is 0 Å². The van der Waals surface area contributed by atoms with E-state index in [1.54, 1.807) is 22.2 Å². The summed E-state index contributed by atoms with van der Waals surface area (Å²) < 4.78 is 1.63. The van der Waals surface area contributed by atoms with Gasteiger partial charge in [-0.1, -0.05) is 11.6 Å². The average molecular weight is 447 g/mol. The zero-order chi connectivity index (χ0) is 21.8. The second kappa shape index (κ2) is 7.59. The second-order valence-electron chi connectivity index (χ2n) is 9.08. The highest BCUT2D eigenvalue weighted by Crippen LogP contribution is 2.33. The lowest BCUT2D eigenvalue weighted by Crippen LogP contribution is -2.36. The number of thiophene rings is 1. The maximum Gasteiger partial charge on any atom is 0.262 e. The number of hydrogen-bond donors (Lipinski definition) is 1. The van der Waals surface area contributed by atoms with Crippen molar-refractivity contribution in [2.24, 2.45) is 0 Å². The molecule has 0 unspecified atom stereocenters. The fraction of sp³-hybridized carbons (Fsp3) is 0.400. The molecular formula is C25H26N4O2S. The van der Waals surface area contributed by atoms with Crippen molar-refractivity contribution < 1.29 is 4.79 Å². The van der Waals surface area contributed by atoms with Crippen LogP contribution in [0.5, 0.6) is 0 Å². The Bertz CT molecular complexity index is 1430. The van der Waals surface area contributed by atoms with Crippen LogP contribution in [0.3, 0.4) is 0 Å². The van der Waals surface area contributed by atoms with Crippen LogP contribution >= 0.6 is 11.3 Å². The molecule has 0 saturated heterocycles. The van der Waals surface area contributed by atoms with E-state index in [0.717, 1.165) is 41.4 Å². The average Bonchev–Trinajstić information content (AvgIpc) is 3.36. The number of fused-ring (bicyclic) bond motifs is 6. The van der Waals surface area contributed by atoms with Crippen LogP contribution in [-0.4, -0.2) is 31.9 Å². The highest BCUT2D eigenvalue weighted by molar-refractivity contribution is 7.18. The molecule has 4 aromatic rings. The Labute approximate surface area is 189 Å². The van der Waals surface area contributed by atoms with E-state index in [1.165, 1.54) is 39.1 Å². The first-order chi connectivity index (χ1) is 15.6. The summed E-state index contributed by atoms with van der Waals surface area (Å²) in [6, 6.07) is 6.43. The molecule has 32 heavy (non-hydrogen) atoms. The number of nitrogens with one attached hydrogen (secondary N) is 1. The fourth-order valence-electron chi connectivity index (χ4n) is 5.26. The molecule has 1 aliphatic heterocycles. The lowest BCUT2D eigenvalue weighted by atomic mass is 9.97. The Hall–Kier alpha value is -2.93. The molecule has 0 spiro atoms. The third-order valence-corrected chi connectivity index (χ3v) is 8.19. The van der Waals surface area contributed by atoms with Crippen LogP contribution in [-0.2, 0) is 37.1 Å². The maximum absolute atomic E-state index is 13.2.